The van der Waals surface area contributed by atoms with Gasteiger partial charge in [0.05, 0.1) is 25.4 Å². The molecule has 1 aliphatic heterocycles. The second-order valence-electron chi connectivity index (χ2n) is 14.0. The number of allylic oxidation sites excluding steroid dienone is 4. The van der Waals surface area contributed by atoms with Gasteiger partial charge in [0.2, 0.25) is 0 Å². The molecule has 1 aromatic rings. The number of nitrogens with zero attached hydrogens (tertiary/aromatic N) is 1. The zero-order valence-corrected chi connectivity index (χ0v) is 27.1. The zero-order valence-electron chi connectivity index (χ0n) is 27.1. The van der Waals surface area contributed by atoms with Gasteiger partial charge in [-0.3, -0.25) is 4.98 Å². The van der Waals surface area contributed by atoms with Gasteiger partial charge < -0.3 is 14.9 Å². The van der Waals surface area contributed by atoms with Gasteiger partial charge in [-0.05, 0) is 65.1 Å². The predicted molar refractivity (Wildman–Crippen MR) is 170 cm³/mol. The molecule has 0 saturated heterocycles. The van der Waals surface area contributed by atoms with Gasteiger partial charge >= 0.3 is 0 Å². The summed E-state index contributed by atoms with van der Waals surface area (Å²) in [6, 6.07) is 0. The number of hydrogen-bond acceptors (Lipinski definition) is 4. The molecule has 0 spiro atoms. The molecule has 2 aliphatic rings. The van der Waals surface area contributed by atoms with Crippen molar-refractivity contribution in [2.75, 3.05) is 13.2 Å². The van der Waals surface area contributed by atoms with Crippen molar-refractivity contribution in [2.45, 2.75) is 119 Å². The highest BCUT2D eigenvalue weighted by Gasteiger charge is 2.37. The maximum Gasteiger partial charge on any atom is 0.0848 e. The number of hydrogen-bond donors (Lipinski definition) is 2. The van der Waals surface area contributed by atoms with Gasteiger partial charge in [0.25, 0.3) is 0 Å². The Morgan fingerprint density at radius 2 is 1.88 bits per heavy atom. The van der Waals surface area contributed by atoms with E-state index in [0.717, 1.165) is 58.0 Å². The highest BCUT2D eigenvalue weighted by atomic mass is 16.5. The molecule has 1 aliphatic carbocycles. The van der Waals surface area contributed by atoms with Crippen LogP contribution in [-0.4, -0.2) is 28.4 Å². The number of fused-ring (bicyclic) bond motifs is 1. The summed E-state index contributed by atoms with van der Waals surface area (Å²) in [5, 5.41) is 23.0. The fraction of sp³-hybridized carbons (Fsp3) is 0.639. The molecule has 4 heteroatoms. The molecule has 2 atom stereocenters. The van der Waals surface area contributed by atoms with Crippen LogP contribution in [0.15, 0.2) is 42.5 Å². The molecule has 2 unspecified atom stereocenters. The Hall–Kier alpha value is -2.01. The summed E-state index contributed by atoms with van der Waals surface area (Å²) in [5.74, 6) is 1.04. The molecule has 4 nitrogen and oxygen atoms in total. The van der Waals surface area contributed by atoms with Crippen LogP contribution in [0.4, 0.5) is 0 Å². The molecule has 0 saturated carbocycles. The van der Waals surface area contributed by atoms with Crippen molar-refractivity contribution in [2.24, 2.45) is 16.7 Å². The van der Waals surface area contributed by atoms with E-state index in [9.17, 15) is 10.2 Å². The Kier molecular flexibility index (Phi) is 12.6. The van der Waals surface area contributed by atoms with Gasteiger partial charge in [-0.1, -0.05) is 113 Å². The Morgan fingerprint density at radius 1 is 1.23 bits per heavy atom. The van der Waals surface area contributed by atoms with Crippen LogP contribution in [0.3, 0.4) is 0 Å². The van der Waals surface area contributed by atoms with E-state index in [4.69, 9.17) is 9.72 Å². The Labute approximate surface area is 245 Å². The SMILES string of the molecule is C=C/C=C(\C=C/CC(O)c1c(C(C)C)nc2c(c1C1=CCOCC1)C(O)CC(C)(C)C2)C(C)(C)C.CCC(C)C. The normalized spacial score (nSPS) is 20.2. The maximum atomic E-state index is 11.6. The van der Waals surface area contributed by atoms with E-state index in [0.29, 0.717) is 26.1 Å². The van der Waals surface area contributed by atoms with Crippen LogP contribution in [0.25, 0.3) is 5.57 Å². The average molecular weight is 552 g/mol. The lowest BCUT2D eigenvalue weighted by atomic mass is 9.71. The molecule has 2 heterocycles. The molecule has 0 bridgehead atoms. The van der Waals surface area contributed by atoms with Gasteiger partial charge in [0.15, 0.2) is 0 Å². The topological polar surface area (TPSA) is 62.6 Å². The Balaban J connectivity index is 0.00000103. The average Bonchev–Trinajstić information content (AvgIpc) is 2.86. The molecule has 224 valence electrons. The molecule has 0 fully saturated rings. The first-order chi connectivity index (χ1) is 18.6. The highest BCUT2D eigenvalue weighted by molar-refractivity contribution is 5.74. The van der Waals surface area contributed by atoms with Crippen LogP contribution in [0.5, 0.6) is 0 Å². The summed E-state index contributed by atoms with van der Waals surface area (Å²) in [6.45, 7) is 26.9. The fourth-order valence-electron chi connectivity index (χ4n) is 5.33. The largest absolute Gasteiger partial charge is 0.388 e. The molecule has 0 radical (unpaired) electrons. The van der Waals surface area contributed by atoms with E-state index >= 15 is 0 Å². The molecular weight excluding hydrogens is 494 g/mol. The van der Waals surface area contributed by atoms with Gasteiger partial charge in [-0.2, -0.15) is 0 Å². The number of aliphatic hydroxyl groups excluding tert-OH is 2. The Morgan fingerprint density at radius 3 is 2.38 bits per heavy atom. The van der Waals surface area contributed by atoms with Gasteiger partial charge in [0.1, 0.15) is 0 Å². The molecule has 40 heavy (non-hydrogen) atoms. The number of rotatable bonds is 8. The molecule has 1 aromatic heterocycles. The van der Waals surface area contributed by atoms with Crippen molar-refractivity contribution >= 4 is 5.57 Å². The summed E-state index contributed by atoms with van der Waals surface area (Å²) >= 11 is 0. The minimum Gasteiger partial charge on any atom is -0.388 e. The molecule has 0 amide bonds. The molecular formula is C36H57NO3. The van der Waals surface area contributed by atoms with Crippen LogP contribution in [0.2, 0.25) is 0 Å². The fourth-order valence-corrected chi connectivity index (χ4v) is 5.33. The first-order valence-electron chi connectivity index (χ1n) is 15.3. The second-order valence-corrected chi connectivity index (χ2v) is 14.0. The van der Waals surface area contributed by atoms with Gasteiger partial charge in [-0.25, -0.2) is 0 Å². The van der Waals surface area contributed by atoms with Crippen LogP contribution < -0.4 is 0 Å². The Bertz CT molecular complexity index is 1080. The summed E-state index contributed by atoms with van der Waals surface area (Å²) < 4.78 is 5.61. The summed E-state index contributed by atoms with van der Waals surface area (Å²) in [5.41, 5.74) is 7.03. The minimum atomic E-state index is -0.715. The maximum absolute atomic E-state index is 11.6. The van der Waals surface area contributed by atoms with E-state index in [2.05, 4.69) is 94.0 Å². The van der Waals surface area contributed by atoms with Gasteiger partial charge in [0, 0.05) is 22.5 Å². The van der Waals surface area contributed by atoms with E-state index in [1.807, 2.05) is 12.2 Å². The second kappa shape index (κ2) is 14.8. The first kappa shape index (κ1) is 34.2. The molecule has 0 aromatic carbocycles. The number of pyridine rings is 1. The molecule has 3 rings (SSSR count). The number of ether oxygens (including phenoxy) is 1. The van der Waals surface area contributed by atoms with Crippen molar-refractivity contribution in [1.82, 2.24) is 4.98 Å². The van der Waals surface area contributed by atoms with Crippen LogP contribution in [-0.2, 0) is 11.2 Å². The van der Waals surface area contributed by atoms with E-state index in [-0.39, 0.29) is 16.7 Å². The van der Waals surface area contributed by atoms with Crippen molar-refractivity contribution < 1.29 is 14.9 Å². The predicted octanol–water partition coefficient (Wildman–Crippen LogP) is 9.21. The third-order valence-electron chi connectivity index (χ3n) is 7.91. The van der Waals surface area contributed by atoms with Crippen LogP contribution >= 0.6 is 0 Å². The van der Waals surface area contributed by atoms with E-state index < -0.39 is 12.2 Å². The van der Waals surface area contributed by atoms with Crippen LogP contribution in [0, 0.1) is 16.7 Å². The third kappa shape index (κ3) is 9.26. The number of aromatic nitrogens is 1. The quantitative estimate of drug-likeness (QED) is 0.316. The minimum absolute atomic E-state index is 0.0128. The monoisotopic (exact) mass is 551 g/mol. The number of aliphatic hydroxyl groups is 2. The van der Waals surface area contributed by atoms with Crippen molar-refractivity contribution in [3.05, 3.63) is 70.6 Å². The summed E-state index contributed by atoms with van der Waals surface area (Å²) in [7, 11) is 0. The summed E-state index contributed by atoms with van der Waals surface area (Å²) in [6.07, 6.45) is 12.9. The van der Waals surface area contributed by atoms with E-state index in [1.165, 1.54) is 6.42 Å². The lowest BCUT2D eigenvalue weighted by Gasteiger charge is -2.38. The highest BCUT2D eigenvalue weighted by Crippen LogP contribution is 2.47. The van der Waals surface area contributed by atoms with Crippen molar-refractivity contribution in [3.8, 4) is 0 Å². The first-order valence-corrected chi connectivity index (χ1v) is 15.3. The van der Waals surface area contributed by atoms with Crippen molar-refractivity contribution in [3.63, 3.8) is 0 Å². The standard InChI is InChI=1S/C31H45NO3.C5H12/c1-9-11-22(30(4,5)6)12-10-13-24(33)28-26(21-14-16-35-17-15-21)27-23(32-29(28)20(2)3)18-31(7,8)19-25(27)34;1-4-5(2)3/h9-12,14,20,24-25,33-34H,1,13,15-19H2,2-8H3;5H,4H2,1-3H3/b12-10-,22-11+;. The van der Waals surface area contributed by atoms with Crippen LogP contribution in [0.1, 0.15) is 141 Å². The van der Waals surface area contributed by atoms with Gasteiger partial charge in [-0.15, -0.1) is 0 Å². The van der Waals surface area contributed by atoms with E-state index in [1.54, 1.807) is 0 Å². The lowest BCUT2D eigenvalue weighted by Crippen LogP contribution is -2.30. The van der Waals surface area contributed by atoms with Crippen molar-refractivity contribution in [1.29, 1.82) is 0 Å². The lowest BCUT2D eigenvalue weighted by molar-refractivity contribution is 0.0967. The zero-order chi connectivity index (χ0) is 30.3. The third-order valence-corrected chi connectivity index (χ3v) is 7.91. The smallest absolute Gasteiger partial charge is 0.0848 e. The summed E-state index contributed by atoms with van der Waals surface area (Å²) in [4.78, 5) is 5.12. The molecule has 2 N–H and O–H groups in total.